The van der Waals surface area contributed by atoms with Gasteiger partial charge in [0.2, 0.25) is 0 Å². The molecule has 0 amide bonds. The first kappa shape index (κ1) is 10.8. The fourth-order valence-electron chi connectivity index (χ4n) is 2.04. The molecule has 2 aromatic rings. The van der Waals surface area contributed by atoms with Gasteiger partial charge >= 0.3 is 0 Å². The van der Waals surface area contributed by atoms with Crippen molar-refractivity contribution < 1.29 is 8.78 Å². The smallest absolute Gasteiger partial charge is 0.245 e. The van der Waals surface area contributed by atoms with Crippen molar-refractivity contribution in [3.63, 3.8) is 0 Å². The van der Waals surface area contributed by atoms with Gasteiger partial charge in [0.1, 0.15) is 0 Å². The summed E-state index contributed by atoms with van der Waals surface area (Å²) in [7, 11) is 0. The average molecular weight is 250 g/mol. The van der Waals surface area contributed by atoms with Crippen LogP contribution in [0.15, 0.2) is 29.3 Å². The third kappa shape index (κ3) is 1.97. The SMILES string of the molecule is FC1(F)[CH]CC/C1=C/c1ccc2ncsc2c1. The lowest BCUT2D eigenvalue weighted by Crippen LogP contribution is -2.12. The van der Waals surface area contributed by atoms with Crippen LogP contribution in [-0.4, -0.2) is 10.9 Å². The Balaban J connectivity index is 2.01. The summed E-state index contributed by atoms with van der Waals surface area (Å²) in [6, 6.07) is 5.62. The number of alkyl halides is 2. The highest BCUT2D eigenvalue weighted by atomic mass is 32.1. The van der Waals surface area contributed by atoms with Crippen LogP contribution in [0.25, 0.3) is 16.3 Å². The number of fused-ring (bicyclic) bond motifs is 1. The van der Waals surface area contributed by atoms with Gasteiger partial charge in [0, 0.05) is 6.42 Å². The molecule has 1 fully saturated rings. The van der Waals surface area contributed by atoms with E-state index < -0.39 is 5.92 Å². The van der Waals surface area contributed by atoms with Crippen molar-refractivity contribution in [2.45, 2.75) is 18.8 Å². The molecular formula is C13H10F2NS. The van der Waals surface area contributed by atoms with E-state index in [1.165, 1.54) is 11.3 Å². The summed E-state index contributed by atoms with van der Waals surface area (Å²) in [6.07, 6.45) is 3.60. The second-order valence-corrected chi connectivity index (χ2v) is 5.00. The fourth-order valence-corrected chi connectivity index (χ4v) is 2.76. The number of aromatic nitrogens is 1. The second-order valence-electron chi connectivity index (χ2n) is 4.11. The van der Waals surface area contributed by atoms with Crippen LogP contribution in [0.3, 0.4) is 0 Å². The number of benzene rings is 1. The maximum absolute atomic E-state index is 13.4. The van der Waals surface area contributed by atoms with Gasteiger partial charge in [-0.1, -0.05) is 6.07 Å². The first-order valence-corrected chi connectivity index (χ1v) is 6.30. The maximum Gasteiger partial charge on any atom is 0.272 e. The zero-order chi connectivity index (χ0) is 11.9. The predicted molar refractivity (Wildman–Crippen MR) is 66.1 cm³/mol. The molecule has 4 heteroatoms. The molecule has 0 atom stereocenters. The standard InChI is InChI=1S/C13H10F2NS/c14-13(15)5-1-2-10(13)6-9-3-4-11-12(7-9)17-8-16-11/h3-8H,1-2H2/b10-6-. The van der Waals surface area contributed by atoms with Crippen molar-refractivity contribution in [2.75, 3.05) is 0 Å². The van der Waals surface area contributed by atoms with Gasteiger partial charge in [0.05, 0.1) is 15.7 Å². The number of thiazole rings is 1. The Morgan fingerprint density at radius 2 is 2.24 bits per heavy atom. The van der Waals surface area contributed by atoms with E-state index in [0.717, 1.165) is 22.2 Å². The Morgan fingerprint density at radius 1 is 1.35 bits per heavy atom. The molecule has 1 radical (unpaired) electrons. The van der Waals surface area contributed by atoms with Gasteiger partial charge in [-0.05, 0) is 42.2 Å². The predicted octanol–water partition coefficient (Wildman–Crippen LogP) is 4.31. The van der Waals surface area contributed by atoms with E-state index in [1.807, 2.05) is 18.2 Å². The summed E-state index contributed by atoms with van der Waals surface area (Å²) in [6.45, 7) is 0. The van der Waals surface area contributed by atoms with Crippen LogP contribution >= 0.6 is 11.3 Å². The Morgan fingerprint density at radius 3 is 3.00 bits per heavy atom. The number of hydrogen-bond donors (Lipinski definition) is 0. The highest BCUT2D eigenvalue weighted by Gasteiger charge is 2.38. The summed E-state index contributed by atoms with van der Waals surface area (Å²) in [4.78, 5) is 4.16. The van der Waals surface area contributed by atoms with Crippen LogP contribution in [0, 0.1) is 6.42 Å². The third-order valence-corrected chi connectivity index (χ3v) is 3.73. The molecule has 1 nitrogen and oxygen atoms in total. The lowest BCUT2D eigenvalue weighted by Gasteiger charge is -2.09. The minimum absolute atomic E-state index is 0.210. The maximum atomic E-state index is 13.4. The minimum Gasteiger partial charge on any atom is -0.245 e. The van der Waals surface area contributed by atoms with E-state index in [2.05, 4.69) is 4.98 Å². The molecule has 0 N–H and O–H groups in total. The van der Waals surface area contributed by atoms with Crippen molar-refractivity contribution in [1.82, 2.24) is 4.98 Å². The molecule has 0 aliphatic heterocycles. The monoisotopic (exact) mass is 250 g/mol. The first-order chi connectivity index (χ1) is 8.15. The van der Waals surface area contributed by atoms with E-state index in [1.54, 1.807) is 11.6 Å². The van der Waals surface area contributed by atoms with Crippen molar-refractivity contribution in [2.24, 2.45) is 0 Å². The minimum atomic E-state index is -2.73. The highest BCUT2D eigenvalue weighted by Crippen LogP contribution is 2.40. The summed E-state index contributed by atoms with van der Waals surface area (Å²) >= 11 is 1.52. The third-order valence-electron chi connectivity index (χ3n) is 2.94. The van der Waals surface area contributed by atoms with Crippen LogP contribution in [0.5, 0.6) is 0 Å². The normalized spacial score (nSPS) is 21.4. The Bertz CT molecular complexity index is 586. The van der Waals surface area contributed by atoms with Crippen molar-refractivity contribution in [1.29, 1.82) is 0 Å². The second kappa shape index (κ2) is 3.88. The van der Waals surface area contributed by atoms with Gasteiger partial charge < -0.3 is 0 Å². The first-order valence-electron chi connectivity index (χ1n) is 5.42. The molecular weight excluding hydrogens is 240 g/mol. The van der Waals surface area contributed by atoms with Gasteiger partial charge in [-0.3, -0.25) is 0 Å². The largest absolute Gasteiger partial charge is 0.272 e. The van der Waals surface area contributed by atoms with Gasteiger partial charge in [0.15, 0.2) is 0 Å². The lowest BCUT2D eigenvalue weighted by atomic mass is 10.1. The Labute approximate surface area is 102 Å². The summed E-state index contributed by atoms with van der Waals surface area (Å²) in [5, 5.41) is 0. The summed E-state index contributed by atoms with van der Waals surface area (Å²) in [5.74, 6) is -2.73. The average Bonchev–Trinajstić information content (AvgIpc) is 2.85. The summed E-state index contributed by atoms with van der Waals surface area (Å²) < 4.78 is 27.9. The molecule has 17 heavy (non-hydrogen) atoms. The van der Waals surface area contributed by atoms with E-state index >= 15 is 0 Å². The van der Waals surface area contributed by atoms with Crippen molar-refractivity contribution in [3.05, 3.63) is 41.3 Å². The van der Waals surface area contributed by atoms with E-state index in [4.69, 9.17) is 0 Å². The zero-order valence-corrected chi connectivity index (χ0v) is 9.81. The van der Waals surface area contributed by atoms with E-state index in [9.17, 15) is 8.78 Å². The van der Waals surface area contributed by atoms with Gasteiger partial charge in [-0.2, -0.15) is 0 Å². The molecule has 1 aromatic heterocycles. The Hall–Kier alpha value is -1.29. The highest BCUT2D eigenvalue weighted by molar-refractivity contribution is 7.16. The topological polar surface area (TPSA) is 12.9 Å². The fraction of sp³-hybridized carbons (Fsp3) is 0.231. The van der Waals surface area contributed by atoms with Crippen LogP contribution in [-0.2, 0) is 0 Å². The Kier molecular flexibility index (Phi) is 2.47. The van der Waals surface area contributed by atoms with Crippen LogP contribution in [0.4, 0.5) is 8.78 Å². The van der Waals surface area contributed by atoms with Crippen LogP contribution in [0.2, 0.25) is 0 Å². The lowest BCUT2D eigenvalue weighted by molar-refractivity contribution is 0.0893. The number of allylic oxidation sites excluding steroid dienone is 1. The molecule has 1 aromatic carbocycles. The number of halogens is 2. The number of hydrogen-bond acceptors (Lipinski definition) is 2. The molecule has 0 spiro atoms. The zero-order valence-electron chi connectivity index (χ0n) is 8.99. The molecule has 0 bridgehead atoms. The van der Waals surface area contributed by atoms with E-state index in [-0.39, 0.29) is 5.57 Å². The molecule has 87 valence electrons. The van der Waals surface area contributed by atoms with Crippen LogP contribution in [0.1, 0.15) is 18.4 Å². The van der Waals surface area contributed by atoms with Gasteiger partial charge in [0.25, 0.3) is 5.92 Å². The number of nitrogens with zero attached hydrogens (tertiary/aromatic N) is 1. The molecule has 0 saturated heterocycles. The molecule has 1 aliphatic rings. The molecule has 1 aliphatic carbocycles. The molecule has 3 rings (SSSR count). The van der Waals surface area contributed by atoms with Gasteiger partial charge in [-0.25, -0.2) is 13.8 Å². The van der Waals surface area contributed by atoms with Gasteiger partial charge in [-0.15, -0.1) is 11.3 Å². The summed E-state index contributed by atoms with van der Waals surface area (Å²) in [5.41, 5.74) is 3.72. The molecule has 1 heterocycles. The number of rotatable bonds is 1. The molecule has 0 unspecified atom stereocenters. The van der Waals surface area contributed by atoms with Crippen LogP contribution < -0.4 is 0 Å². The van der Waals surface area contributed by atoms with E-state index in [0.29, 0.717) is 12.8 Å². The van der Waals surface area contributed by atoms with Crippen molar-refractivity contribution in [3.8, 4) is 0 Å². The molecule has 1 saturated carbocycles. The quantitative estimate of drug-likeness (QED) is 0.734. The van der Waals surface area contributed by atoms with Crippen molar-refractivity contribution >= 4 is 27.6 Å².